The summed E-state index contributed by atoms with van der Waals surface area (Å²) in [5.74, 6) is -3.46. The summed E-state index contributed by atoms with van der Waals surface area (Å²) < 4.78 is 52.8. The Kier molecular flexibility index (Phi) is 5.97. The number of sulfone groups is 1. The third-order valence-corrected chi connectivity index (χ3v) is 7.45. The van der Waals surface area contributed by atoms with Gasteiger partial charge in [-0.05, 0) is 42.0 Å². The minimum atomic E-state index is -4.28. The maximum Gasteiger partial charge on any atom is 0.259 e. The van der Waals surface area contributed by atoms with Crippen molar-refractivity contribution in [1.29, 1.82) is 0 Å². The van der Waals surface area contributed by atoms with Crippen molar-refractivity contribution in [1.82, 2.24) is 0 Å². The van der Waals surface area contributed by atoms with Crippen LogP contribution in [0.1, 0.15) is 26.3 Å². The Bertz CT molecular complexity index is 1260. The van der Waals surface area contributed by atoms with Gasteiger partial charge in [0.25, 0.3) is 11.8 Å². The number of carbonyl (C=O) groups is 2. The molecule has 4 N–H and O–H groups in total. The highest BCUT2D eigenvalue weighted by Gasteiger charge is 2.28. The van der Waals surface area contributed by atoms with Gasteiger partial charge in [-0.3, -0.25) is 9.59 Å². The first-order valence-corrected chi connectivity index (χ1v) is 10.6. The Morgan fingerprint density at radius 1 is 1.07 bits per heavy atom. The smallest absolute Gasteiger partial charge is 0.259 e. The average molecular weight is 452 g/mol. The summed E-state index contributed by atoms with van der Waals surface area (Å²) in [4.78, 5) is 23.8. The highest BCUT2D eigenvalue weighted by Crippen LogP contribution is 2.36. The van der Waals surface area contributed by atoms with Crippen molar-refractivity contribution >= 4 is 38.0 Å². The molecule has 1 aromatic heterocycles. The summed E-state index contributed by atoms with van der Waals surface area (Å²) in [6.45, 7) is -0.739. The van der Waals surface area contributed by atoms with Crippen molar-refractivity contribution in [2.75, 3.05) is 5.32 Å². The van der Waals surface area contributed by atoms with Crippen LogP contribution in [0.4, 0.5) is 13.8 Å². The molecule has 11 heteroatoms. The van der Waals surface area contributed by atoms with Gasteiger partial charge in [-0.25, -0.2) is 17.2 Å². The molecule has 0 spiro atoms. The first kappa shape index (κ1) is 21.6. The van der Waals surface area contributed by atoms with Crippen LogP contribution in [0.3, 0.4) is 0 Å². The Morgan fingerprint density at radius 2 is 1.77 bits per heavy atom. The molecule has 0 aliphatic heterocycles. The highest BCUT2D eigenvalue weighted by atomic mass is 32.2. The second kappa shape index (κ2) is 8.30. The van der Waals surface area contributed by atoms with E-state index in [9.17, 15) is 31.9 Å². The largest absolute Gasteiger partial charge is 0.392 e. The minimum absolute atomic E-state index is 0.180. The normalized spacial score (nSPS) is 11.3. The molecule has 3 aromatic rings. The van der Waals surface area contributed by atoms with E-state index < -0.39 is 39.9 Å². The maximum absolute atomic E-state index is 13.8. The quantitative estimate of drug-likeness (QED) is 0.496. The first-order valence-electron chi connectivity index (χ1n) is 8.29. The predicted octanol–water partition coefficient (Wildman–Crippen LogP) is 2.70. The van der Waals surface area contributed by atoms with E-state index in [0.717, 1.165) is 30.3 Å². The van der Waals surface area contributed by atoms with Gasteiger partial charge in [0.1, 0.15) is 20.8 Å². The molecule has 0 fully saturated rings. The second-order valence-electron chi connectivity index (χ2n) is 6.02. The van der Waals surface area contributed by atoms with Crippen LogP contribution >= 0.6 is 11.3 Å². The number of nitrogens with one attached hydrogen (secondary N) is 1. The highest BCUT2D eigenvalue weighted by molar-refractivity contribution is 7.93. The van der Waals surface area contributed by atoms with Crippen LogP contribution in [0.2, 0.25) is 0 Å². The SMILES string of the molecule is NC(=O)c1cc(S(=O)(=O)c2ccc(F)cc2CO)sc1NC(=O)c1ccccc1F. The molecule has 3 rings (SSSR count). The number of benzene rings is 2. The molecule has 2 amide bonds. The number of carbonyl (C=O) groups excluding carboxylic acids is 2. The Morgan fingerprint density at radius 3 is 2.40 bits per heavy atom. The first-order chi connectivity index (χ1) is 14.1. The minimum Gasteiger partial charge on any atom is -0.392 e. The lowest BCUT2D eigenvalue weighted by Gasteiger charge is -2.07. The van der Waals surface area contributed by atoms with Crippen molar-refractivity contribution in [2.24, 2.45) is 5.73 Å². The number of hydrogen-bond donors (Lipinski definition) is 3. The van der Waals surface area contributed by atoms with E-state index in [1.807, 2.05) is 0 Å². The van der Waals surface area contributed by atoms with Crippen LogP contribution in [0, 0.1) is 11.6 Å². The fourth-order valence-corrected chi connectivity index (χ4v) is 5.59. The lowest BCUT2D eigenvalue weighted by atomic mass is 10.2. The van der Waals surface area contributed by atoms with Crippen molar-refractivity contribution in [3.8, 4) is 0 Å². The number of thiophene rings is 1. The van der Waals surface area contributed by atoms with E-state index in [4.69, 9.17) is 5.73 Å². The van der Waals surface area contributed by atoms with E-state index in [1.165, 1.54) is 18.2 Å². The van der Waals surface area contributed by atoms with E-state index in [0.29, 0.717) is 11.3 Å². The molecule has 0 aliphatic carbocycles. The summed E-state index contributed by atoms with van der Waals surface area (Å²) in [5, 5.41) is 11.5. The van der Waals surface area contributed by atoms with Crippen molar-refractivity contribution in [2.45, 2.75) is 15.7 Å². The third-order valence-electron chi connectivity index (χ3n) is 4.07. The molecule has 0 bridgehead atoms. The topological polar surface area (TPSA) is 127 Å². The molecule has 0 atom stereocenters. The molecule has 7 nitrogen and oxygen atoms in total. The molecule has 0 unspecified atom stereocenters. The van der Waals surface area contributed by atoms with Gasteiger partial charge in [0, 0.05) is 0 Å². The Labute approximate surface area is 173 Å². The fraction of sp³-hybridized carbons (Fsp3) is 0.0526. The zero-order valence-electron chi connectivity index (χ0n) is 15.1. The molecule has 0 aliphatic rings. The van der Waals surface area contributed by atoms with E-state index >= 15 is 0 Å². The standard InChI is InChI=1S/C19H14F2N2O5S2/c20-11-5-6-15(10(7-11)9-24)30(27,28)16-8-13(17(22)25)19(29-16)23-18(26)12-3-1-2-4-14(12)21/h1-8,24H,9H2,(H2,22,25)(H,23,26). The number of aliphatic hydroxyl groups is 1. The Balaban J connectivity index is 2.05. The maximum atomic E-state index is 13.8. The van der Waals surface area contributed by atoms with E-state index in [-0.39, 0.29) is 30.8 Å². The number of amides is 2. The van der Waals surface area contributed by atoms with Crippen LogP contribution in [-0.2, 0) is 16.4 Å². The second-order valence-corrected chi connectivity index (χ2v) is 9.22. The zero-order chi connectivity index (χ0) is 22.1. The molecule has 0 saturated carbocycles. The van der Waals surface area contributed by atoms with Crippen molar-refractivity contribution in [3.63, 3.8) is 0 Å². The molecule has 1 heterocycles. The molecule has 0 radical (unpaired) electrons. The molecule has 2 aromatic carbocycles. The van der Waals surface area contributed by atoms with Gasteiger partial charge in [-0.2, -0.15) is 0 Å². The number of primary amides is 1. The van der Waals surface area contributed by atoms with Gasteiger partial charge in [0.15, 0.2) is 0 Å². The lowest BCUT2D eigenvalue weighted by Crippen LogP contribution is -2.17. The molecule has 30 heavy (non-hydrogen) atoms. The van der Waals surface area contributed by atoms with Crippen molar-refractivity contribution in [3.05, 3.63) is 76.9 Å². The van der Waals surface area contributed by atoms with Crippen LogP contribution in [-0.4, -0.2) is 25.3 Å². The number of aliphatic hydroxyl groups excluding tert-OH is 1. The monoisotopic (exact) mass is 452 g/mol. The van der Waals surface area contributed by atoms with Gasteiger partial charge < -0.3 is 16.2 Å². The van der Waals surface area contributed by atoms with Gasteiger partial charge >= 0.3 is 0 Å². The van der Waals surface area contributed by atoms with Gasteiger partial charge in [-0.15, -0.1) is 11.3 Å². The van der Waals surface area contributed by atoms with Crippen LogP contribution in [0.15, 0.2) is 57.6 Å². The molecule has 156 valence electrons. The summed E-state index contributed by atoms with van der Waals surface area (Å²) in [5.41, 5.74) is 4.50. The summed E-state index contributed by atoms with van der Waals surface area (Å²) in [6.07, 6.45) is 0. The van der Waals surface area contributed by atoms with Crippen LogP contribution in [0.5, 0.6) is 0 Å². The third kappa shape index (κ3) is 4.08. The number of anilines is 1. The summed E-state index contributed by atoms with van der Waals surface area (Å²) in [6, 6.07) is 8.83. The number of nitrogens with two attached hydrogens (primary N) is 1. The van der Waals surface area contributed by atoms with E-state index in [1.54, 1.807) is 0 Å². The predicted molar refractivity (Wildman–Crippen MR) is 105 cm³/mol. The molecular formula is C19H14F2N2O5S2. The zero-order valence-corrected chi connectivity index (χ0v) is 16.7. The van der Waals surface area contributed by atoms with Gasteiger partial charge in [0.05, 0.1) is 22.6 Å². The van der Waals surface area contributed by atoms with Gasteiger partial charge in [-0.1, -0.05) is 12.1 Å². The van der Waals surface area contributed by atoms with Gasteiger partial charge in [0.2, 0.25) is 9.84 Å². The lowest BCUT2D eigenvalue weighted by molar-refractivity contribution is 0.100. The van der Waals surface area contributed by atoms with Crippen LogP contribution in [0.25, 0.3) is 0 Å². The molecular weight excluding hydrogens is 438 g/mol. The molecule has 0 saturated heterocycles. The Hall–Kier alpha value is -3.15. The summed E-state index contributed by atoms with van der Waals surface area (Å²) >= 11 is 0.523. The fourth-order valence-electron chi connectivity index (χ4n) is 2.63. The van der Waals surface area contributed by atoms with Crippen LogP contribution < -0.4 is 11.1 Å². The number of halogens is 2. The van der Waals surface area contributed by atoms with Crippen molar-refractivity contribution < 1.29 is 31.9 Å². The van der Waals surface area contributed by atoms with E-state index in [2.05, 4.69) is 5.32 Å². The number of hydrogen-bond acceptors (Lipinski definition) is 6. The average Bonchev–Trinajstić information content (AvgIpc) is 3.12. The number of rotatable bonds is 6. The summed E-state index contributed by atoms with van der Waals surface area (Å²) in [7, 11) is -4.28.